The van der Waals surface area contributed by atoms with Gasteiger partial charge in [-0.3, -0.25) is 4.79 Å². The van der Waals surface area contributed by atoms with Gasteiger partial charge in [0.15, 0.2) is 0 Å². The lowest BCUT2D eigenvalue weighted by Crippen LogP contribution is -2.45. The van der Waals surface area contributed by atoms with Crippen LogP contribution >= 0.6 is 11.6 Å². The Bertz CT molecular complexity index is 775. The quantitative estimate of drug-likeness (QED) is 0.913. The first kappa shape index (κ1) is 16.6. The van der Waals surface area contributed by atoms with Crippen LogP contribution in [0.3, 0.4) is 0 Å². The fraction of sp³-hybridized carbons (Fsp3) is 0.474. The first-order chi connectivity index (χ1) is 12.1. The molecule has 1 aliphatic heterocycles. The number of nitrogens with zero attached hydrogens (tertiary/aromatic N) is 3. The Labute approximate surface area is 153 Å². The molecule has 1 N–H and O–H groups in total. The Kier molecular flexibility index (Phi) is 4.52. The van der Waals surface area contributed by atoms with Crippen molar-refractivity contribution in [1.29, 1.82) is 0 Å². The van der Waals surface area contributed by atoms with Crippen LogP contribution in [0.15, 0.2) is 30.5 Å². The van der Waals surface area contributed by atoms with Crippen molar-refractivity contribution in [3.63, 3.8) is 0 Å². The number of likely N-dealkylation sites (tertiary alicyclic amines) is 1. The molecule has 5 nitrogen and oxygen atoms in total. The number of halogens is 1. The van der Waals surface area contributed by atoms with Crippen molar-refractivity contribution >= 4 is 17.5 Å². The van der Waals surface area contributed by atoms with E-state index in [1.54, 1.807) is 10.9 Å². The average Bonchev–Trinajstić information content (AvgIpc) is 3.38. The summed E-state index contributed by atoms with van der Waals surface area (Å²) in [5.74, 6) is -0.0318. The third-order valence-corrected chi connectivity index (χ3v) is 5.47. The Morgan fingerprint density at radius 2 is 2.00 bits per heavy atom. The third-order valence-electron chi connectivity index (χ3n) is 5.24. The Morgan fingerprint density at radius 1 is 1.24 bits per heavy atom. The zero-order valence-corrected chi connectivity index (χ0v) is 15.2. The molecule has 1 aromatic carbocycles. The normalized spacial score (nSPS) is 19.1. The molecule has 6 heteroatoms. The van der Waals surface area contributed by atoms with Crippen molar-refractivity contribution in [1.82, 2.24) is 20.0 Å². The summed E-state index contributed by atoms with van der Waals surface area (Å²) in [5, 5.41) is 8.21. The van der Waals surface area contributed by atoms with E-state index in [4.69, 9.17) is 11.6 Å². The van der Waals surface area contributed by atoms with Crippen molar-refractivity contribution in [3.8, 4) is 5.69 Å². The number of carbonyl (C=O) groups is 1. The fourth-order valence-electron chi connectivity index (χ4n) is 3.61. The van der Waals surface area contributed by atoms with Gasteiger partial charge in [0.05, 0.1) is 23.1 Å². The number of carbonyl (C=O) groups excluding carboxylic acids is 1. The molecule has 1 saturated heterocycles. The number of hydrogen-bond acceptors (Lipinski definition) is 3. The number of aromatic nitrogens is 2. The highest BCUT2D eigenvalue weighted by Crippen LogP contribution is 2.29. The van der Waals surface area contributed by atoms with Gasteiger partial charge in [0, 0.05) is 30.2 Å². The summed E-state index contributed by atoms with van der Waals surface area (Å²) in [7, 11) is 0. The molecule has 0 radical (unpaired) electrons. The Balaban J connectivity index is 1.42. The molecular weight excluding hydrogens is 336 g/mol. The molecule has 1 aromatic heterocycles. The minimum Gasteiger partial charge on any atom is -0.349 e. The van der Waals surface area contributed by atoms with Crippen LogP contribution in [-0.2, 0) is 0 Å². The molecule has 2 fully saturated rings. The number of nitrogens with one attached hydrogen (secondary N) is 1. The van der Waals surface area contributed by atoms with E-state index in [9.17, 15) is 4.79 Å². The van der Waals surface area contributed by atoms with Gasteiger partial charge in [0.1, 0.15) is 0 Å². The molecular formula is C19H23ClN4O. The summed E-state index contributed by atoms with van der Waals surface area (Å²) in [4.78, 5) is 15.2. The monoisotopic (exact) mass is 358 g/mol. The van der Waals surface area contributed by atoms with Crippen LogP contribution in [0.5, 0.6) is 0 Å². The second-order valence-corrected chi connectivity index (χ2v) is 7.49. The van der Waals surface area contributed by atoms with E-state index in [0.717, 1.165) is 43.4 Å². The molecule has 2 aliphatic rings. The molecule has 2 heterocycles. The van der Waals surface area contributed by atoms with Gasteiger partial charge in [0.2, 0.25) is 0 Å². The van der Waals surface area contributed by atoms with Crippen LogP contribution in [0, 0.1) is 6.92 Å². The van der Waals surface area contributed by atoms with Crippen molar-refractivity contribution in [2.45, 2.75) is 44.7 Å². The van der Waals surface area contributed by atoms with Gasteiger partial charge in [-0.1, -0.05) is 17.7 Å². The number of rotatable bonds is 4. The number of piperidine rings is 1. The van der Waals surface area contributed by atoms with E-state index in [-0.39, 0.29) is 11.9 Å². The van der Waals surface area contributed by atoms with Gasteiger partial charge in [-0.05, 0) is 50.8 Å². The predicted octanol–water partition coefficient (Wildman–Crippen LogP) is 3.19. The van der Waals surface area contributed by atoms with Crippen LogP contribution < -0.4 is 5.32 Å². The van der Waals surface area contributed by atoms with Crippen LogP contribution in [0.2, 0.25) is 5.02 Å². The number of benzene rings is 1. The highest BCUT2D eigenvalue weighted by Gasteiger charge is 2.32. The summed E-state index contributed by atoms with van der Waals surface area (Å²) >= 11 is 6.06. The van der Waals surface area contributed by atoms with E-state index >= 15 is 0 Å². The summed E-state index contributed by atoms with van der Waals surface area (Å²) in [5.41, 5.74) is 2.32. The van der Waals surface area contributed by atoms with E-state index in [2.05, 4.69) is 15.3 Å². The van der Waals surface area contributed by atoms with Crippen molar-refractivity contribution in [2.75, 3.05) is 13.1 Å². The zero-order valence-electron chi connectivity index (χ0n) is 14.4. The summed E-state index contributed by atoms with van der Waals surface area (Å²) in [6.45, 7) is 4.10. The fourth-order valence-corrected chi connectivity index (χ4v) is 3.80. The smallest absolute Gasteiger partial charge is 0.254 e. The predicted molar refractivity (Wildman–Crippen MR) is 98.4 cm³/mol. The molecule has 0 atom stereocenters. The molecule has 1 saturated carbocycles. The van der Waals surface area contributed by atoms with Crippen LogP contribution in [-0.4, -0.2) is 45.8 Å². The van der Waals surface area contributed by atoms with Crippen molar-refractivity contribution < 1.29 is 4.79 Å². The van der Waals surface area contributed by atoms with E-state index in [0.29, 0.717) is 10.6 Å². The first-order valence-corrected chi connectivity index (χ1v) is 9.35. The standard InChI is InChI=1S/C19H23ClN4O/c1-13-18(12-21-24(13)17-4-2-3-14(20)11-17)19(25)22-15-7-9-23(10-8-15)16-5-6-16/h2-4,11-12,15-16H,5-10H2,1H3,(H,22,25). The van der Waals surface area contributed by atoms with Crippen LogP contribution in [0.25, 0.3) is 5.69 Å². The average molecular weight is 359 g/mol. The molecule has 0 spiro atoms. The van der Waals surface area contributed by atoms with Gasteiger partial charge in [-0.25, -0.2) is 4.68 Å². The van der Waals surface area contributed by atoms with Crippen molar-refractivity contribution in [2.24, 2.45) is 0 Å². The van der Waals surface area contributed by atoms with E-state index in [1.165, 1.54) is 12.8 Å². The van der Waals surface area contributed by atoms with Gasteiger partial charge in [-0.2, -0.15) is 5.10 Å². The SMILES string of the molecule is Cc1c(C(=O)NC2CCN(C3CC3)CC2)cnn1-c1cccc(Cl)c1. The van der Waals surface area contributed by atoms with Gasteiger partial charge in [-0.15, -0.1) is 0 Å². The highest BCUT2D eigenvalue weighted by atomic mass is 35.5. The molecule has 0 unspecified atom stereocenters. The summed E-state index contributed by atoms with van der Waals surface area (Å²) in [6, 6.07) is 8.56. The van der Waals surface area contributed by atoms with Gasteiger partial charge in [0.25, 0.3) is 5.91 Å². The molecule has 1 amide bonds. The van der Waals surface area contributed by atoms with Crippen molar-refractivity contribution in [3.05, 3.63) is 46.7 Å². The summed E-state index contributed by atoms with van der Waals surface area (Å²) < 4.78 is 1.76. The second kappa shape index (κ2) is 6.81. The van der Waals surface area contributed by atoms with Gasteiger partial charge >= 0.3 is 0 Å². The van der Waals surface area contributed by atoms with Crippen LogP contribution in [0.4, 0.5) is 0 Å². The van der Waals surface area contributed by atoms with Crippen LogP contribution in [0.1, 0.15) is 41.7 Å². The number of amides is 1. The lowest BCUT2D eigenvalue weighted by Gasteiger charge is -2.32. The first-order valence-electron chi connectivity index (χ1n) is 8.97. The van der Waals surface area contributed by atoms with Gasteiger partial charge < -0.3 is 10.2 Å². The molecule has 1 aliphatic carbocycles. The minimum absolute atomic E-state index is 0.0318. The Hall–Kier alpha value is -1.85. The third kappa shape index (κ3) is 3.58. The topological polar surface area (TPSA) is 50.2 Å². The molecule has 2 aromatic rings. The maximum atomic E-state index is 12.7. The summed E-state index contributed by atoms with van der Waals surface area (Å²) in [6.07, 6.45) is 6.40. The second-order valence-electron chi connectivity index (χ2n) is 7.05. The Morgan fingerprint density at radius 3 is 2.68 bits per heavy atom. The lowest BCUT2D eigenvalue weighted by atomic mass is 10.0. The molecule has 132 valence electrons. The van der Waals surface area contributed by atoms with E-state index in [1.807, 2.05) is 31.2 Å². The molecule has 25 heavy (non-hydrogen) atoms. The largest absolute Gasteiger partial charge is 0.349 e. The van der Waals surface area contributed by atoms with E-state index < -0.39 is 0 Å². The maximum Gasteiger partial charge on any atom is 0.254 e. The number of hydrogen-bond donors (Lipinski definition) is 1. The molecule has 4 rings (SSSR count). The lowest BCUT2D eigenvalue weighted by molar-refractivity contribution is 0.0908. The highest BCUT2D eigenvalue weighted by molar-refractivity contribution is 6.30. The molecule has 0 bridgehead atoms. The minimum atomic E-state index is -0.0318. The maximum absolute atomic E-state index is 12.7. The zero-order chi connectivity index (χ0) is 17.4.